The van der Waals surface area contributed by atoms with Crippen molar-refractivity contribution >= 4 is 34.0 Å². The van der Waals surface area contributed by atoms with Crippen molar-refractivity contribution in [1.82, 2.24) is 0 Å². The van der Waals surface area contributed by atoms with Crippen molar-refractivity contribution in [2.45, 2.75) is 6.42 Å². The highest BCUT2D eigenvalue weighted by atomic mass is 35.5. The highest BCUT2D eigenvalue weighted by molar-refractivity contribution is 6.51. The van der Waals surface area contributed by atoms with E-state index in [-0.39, 0.29) is 5.78 Å². The van der Waals surface area contributed by atoms with Gasteiger partial charge >= 0.3 is 0 Å². The molecule has 0 spiro atoms. The summed E-state index contributed by atoms with van der Waals surface area (Å²) in [7, 11) is 0. The third-order valence-corrected chi connectivity index (χ3v) is 3.72. The van der Waals surface area contributed by atoms with E-state index in [1.165, 1.54) is 0 Å². The minimum atomic E-state index is -0.111. The number of ketones is 1. The molecule has 0 bridgehead atoms. The van der Waals surface area contributed by atoms with Gasteiger partial charge in [0.25, 0.3) is 0 Å². The lowest BCUT2D eigenvalue weighted by Gasteiger charge is -2.09. The van der Waals surface area contributed by atoms with Crippen molar-refractivity contribution in [3.05, 3.63) is 89.0 Å². The van der Waals surface area contributed by atoms with Gasteiger partial charge in [0.15, 0.2) is 5.78 Å². The second-order valence-electron chi connectivity index (χ2n) is 4.49. The van der Waals surface area contributed by atoms with Gasteiger partial charge in [-0.1, -0.05) is 59.6 Å². The molecule has 0 saturated carbocycles. The van der Waals surface area contributed by atoms with Gasteiger partial charge in [-0.15, -0.1) is 6.58 Å². The summed E-state index contributed by atoms with van der Waals surface area (Å²) >= 11 is 12.3. The molecule has 0 aliphatic heterocycles. The van der Waals surface area contributed by atoms with Gasteiger partial charge in [-0.3, -0.25) is 4.79 Å². The standard InChI is InChI=1S/C18H14Cl2O/c1-2-6-16(17(20)13-7-4-3-5-8-13)18(21)14-9-11-15(19)12-10-14/h2-5,7-12H,1,6H2/b17-16+. The van der Waals surface area contributed by atoms with E-state index in [0.29, 0.717) is 27.6 Å². The fraction of sp³-hybridized carbons (Fsp3) is 0.0556. The third kappa shape index (κ3) is 3.84. The Labute approximate surface area is 134 Å². The summed E-state index contributed by atoms with van der Waals surface area (Å²) in [6.07, 6.45) is 2.09. The van der Waals surface area contributed by atoms with Gasteiger partial charge in [0, 0.05) is 16.2 Å². The summed E-state index contributed by atoms with van der Waals surface area (Å²) in [5.41, 5.74) is 1.91. The number of carbonyl (C=O) groups excluding carboxylic acids is 1. The molecule has 3 heteroatoms. The summed E-state index contributed by atoms with van der Waals surface area (Å²) in [4.78, 5) is 12.6. The van der Waals surface area contributed by atoms with Gasteiger partial charge in [0.05, 0.1) is 5.03 Å². The van der Waals surface area contributed by atoms with Crippen LogP contribution in [0.5, 0.6) is 0 Å². The molecule has 2 rings (SSSR count). The van der Waals surface area contributed by atoms with E-state index >= 15 is 0 Å². The molecule has 0 fully saturated rings. The maximum atomic E-state index is 12.6. The van der Waals surface area contributed by atoms with Crippen molar-refractivity contribution in [2.75, 3.05) is 0 Å². The lowest BCUT2D eigenvalue weighted by Crippen LogP contribution is -2.04. The molecule has 0 unspecified atom stereocenters. The zero-order chi connectivity index (χ0) is 15.2. The van der Waals surface area contributed by atoms with Crippen LogP contribution in [0.4, 0.5) is 0 Å². The molecule has 0 aromatic heterocycles. The van der Waals surface area contributed by atoms with Gasteiger partial charge in [0.2, 0.25) is 0 Å². The summed E-state index contributed by atoms with van der Waals surface area (Å²) in [5.74, 6) is -0.111. The predicted molar refractivity (Wildman–Crippen MR) is 89.8 cm³/mol. The molecule has 0 atom stereocenters. The summed E-state index contributed by atoms with van der Waals surface area (Å²) in [5, 5.41) is 1.05. The molecule has 106 valence electrons. The molecule has 2 aromatic rings. The Morgan fingerprint density at radius 1 is 1.00 bits per heavy atom. The minimum absolute atomic E-state index is 0.111. The molecule has 0 N–H and O–H groups in total. The van der Waals surface area contributed by atoms with Crippen LogP contribution >= 0.6 is 23.2 Å². The van der Waals surface area contributed by atoms with Crippen molar-refractivity contribution < 1.29 is 4.79 Å². The number of allylic oxidation sites excluding steroid dienone is 2. The van der Waals surface area contributed by atoms with Gasteiger partial charge in [-0.05, 0) is 36.2 Å². The van der Waals surface area contributed by atoms with E-state index in [4.69, 9.17) is 23.2 Å². The number of halogens is 2. The van der Waals surface area contributed by atoms with Crippen LogP contribution < -0.4 is 0 Å². The minimum Gasteiger partial charge on any atom is -0.289 e. The van der Waals surface area contributed by atoms with Crippen LogP contribution in [-0.2, 0) is 0 Å². The zero-order valence-electron chi connectivity index (χ0n) is 11.4. The molecule has 21 heavy (non-hydrogen) atoms. The summed E-state index contributed by atoms with van der Waals surface area (Å²) in [6.45, 7) is 3.70. The largest absolute Gasteiger partial charge is 0.289 e. The van der Waals surface area contributed by atoms with Crippen LogP contribution in [0.2, 0.25) is 5.02 Å². The van der Waals surface area contributed by atoms with Crippen molar-refractivity contribution in [1.29, 1.82) is 0 Å². The Kier molecular flexibility index (Phi) is 5.38. The average Bonchev–Trinajstić information content (AvgIpc) is 2.53. The zero-order valence-corrected chi connectivity index (χ0v) is 12.9. The Balaban J connectivity index is 2.45. The highest BCUT2D eigenvalue weighted by Crippen LogP contribution is 2.28. The third-order valence-electron chi connectivity index (χ3n) is 3.02. The molecule has 0 aliphatic carbocycles. The molecule has 2 aromatic carbocycles. The van der Waals surface area contributed by atoms with Crippen LogP contribution in [0, 0.1) is 0 Å². The number of hydrogen-bond acceptors (Lipinski definition) is 1. The van der Waals surface area contributed by atoms with Crippen molar-refractivity contribution in [2.24, 2.45) is 0 Å². The first-order valence-corrected chi connectivity index (χ1v) is 7.24. The molecule has 0 aliphatic rings. The first-order valence-electron chi connectivity index (χ1n) is 6.48. The number of rotatable bonds is 5. The van der Waals surface area contributed by atoms with Gasteiger partial charge in [-0.2, -0.15) is 0 Å². The average molecular weight is 317 g/mol. The van der Waals surface area contributed by atoms with Gasteiger partial charge in [-0.25, -0.2) is 0 Å². The quantitative estimate of drug-likeness (QED) is 0.390. The molecule has 0 saturated heterocycles. The maximum absolute atomic E-state index is 12.6. The maximum Gasteiger partial charge on any atom is 0.190 e. The second kappa shape index (κ2) is 7.26. The Morgan fingerprint density at radius 3 is 2.19 bits per heavy atom. The van der Waals surface area contributed by atoms with Crippen LogP contribution in [0.1, 0.15) is 22.3 Å². The van der Waals surface area contributed by atoms with E-state index < -0.39 is 0 Å². The molecule has 1 nitrogen and oxygen atoms in total. The number of Topliss-reactive ketones (excluding diaryl/α,β-unsaturated/α-hetero) is 1. The molecule has 0 amide bonds. The lowest BCUT2D eigenvalue weighted by molar-refractivity contribution is 0.103. The number of hydrogen-bond donors (Lipinski definition) is 0. The molecular formula is C18H14Cl2O. The normalized spacial score (nSPS) is 11.7. The fourth-order valence-electron chi connectivity index (χ4n) is 1.96. The smallest absolute Gasteiger partial charge is 0.190 e. The summed E-state index contributed by atoms with van der Waals surface area (Å²) in [6, 6.07) is 16.2. The van der Waals surface area contributed by atoms with Crippen LogP contribution in [0.3, 0.4) is 0 Å². The summed E-state index contributed by atoms with van der Waals surface area (Å²) < 4.78 is 0. The lowest BCUT2D eigenvalue weighted by atomic mass is 9.98. The molecule has 0 radical (unpaired) electrons. The number of benzene rings is 2. The van der Waals surface area contributed by atoms with E-state index in [2.05, 4.69) is 6.58 Å². The Hall–Kier alpha value is -1.83. The predicted octanol–water partition coefficient (Wildman–Crippen LogP) is 5.75. The van der Waals surface area contributed by atoms with E-state index in [0.717, 1.165) is 5.56 Å². The van der Waals surface area contributed by atoms with Crippen LogP contribution in [-0.4, -0.2) is 5.78 Å². The van der Waals surface area contributed by atoms with Crippen LogP contribution in [0.25, 0.3) is 5.03 Å². The van der Waals surface area contributed by atoms with Crippen LogP contribution in [0.15, 0.2) is 72.8 Å². The SMILES string of the molecule is C=CC/C(C(=O)c1ccc(Cl)cc1)=C(\Cl)c1ccccc1. The Morgan fingerprint density at radius 2 is 1.62 bits per heavy atom. The molecule has 0 heterocycles. The molecular weight excluding hydrogens is 303 g/mol. The first kappa shape index (κ1) is 15.6. The van der Waals surface area contributed by atoms with Gasteiger partial charge in [0.1, 0.15) is 0 Å². The first-order chi connectivity index (χ1) is 10.1. The fourth-order valence-corrected chi connectivity index (χ4v) is 2.38. The second-order valence-corrected chi connectivity index (χ2v) is 5.30. The van der Waals surface area contributed by atoms with Crippen molar-refractivity contribution in [3.63, 3.8) is 0 Å². The van der Waals surface area contributed by atoms with E-state index in [1.807, 2.05) is 30.3 Å². The Bertz CT molecular complexity index is 670. The van der Waals surface area contributed by atoms with Gasteiger partial charge < -0.3 is 0 Å². The monoisotopic (exact) mass is 316 g/mol. The topological polar surface area (TPSA) is 17.1 Å². The van der Waals surface area contributed by atoms with E-state index in [9.17, 15) is 4.79 Å². The van der Waals surface area contributed by atoms with Crippen molar-refractivity contribution in [3.8, 4) is 0 Å². The van der Waals surface area contributed by atoms with E-state index in [1.54, 1.807) is 30.3 Å². The number of carbonyl (C=O) groups is 1. The highest BCUT2D eigenvalue weighted by Gasteiger charge is 2.16.